The van der Waals surface area contributed by atoms with Gasteiger partial charge in [-0.05, 0) is 52.6 Å². The van der Waals surface area contributed by atoms with Gasteiger partial charge in [0.05, 0.1) is 6.04 Å². The summed E-state index contributed by atoms with van der Waals surface area (Å²) in [4.78, 5) is 28.1. The molecule has 0 radical (unpaired) electrons. The van der Waals surface area contributed by atoms with Crippen molar-refractivity contribution in [3.05, 3.63) is 16.3 Å². The number of nitrogens with zero attached hydrogens (tertiary/aromatic N) is 2. The number of H-pyrrole nitrogens is 2. The Hall–Kier alpha value is -1.63. The minimum Gasteiger partial charge on any atom is -0.346 e. The predicted octanol–water partition coefficient (Wildman–Crippen LogP) is 0.786. The number of amides is 1. The molecule has 0 unspecified atom stereocenters. The molecule has 0 aromatic carbocycles. The van der Waals surface area contributed by atoms with Crippen LogP contribution >= 0.6 is 0 Å². The Bertz CT molecular complexity index is 513. The zero-order valence-corrected chi connectivity index (χ0v) is 13.0. The highest BCUT2D eigenvalue weighted by Crippen LogP contribution is 2.22. The van der Waals surface area contributed by atoms with Gasteiger partial charge in [-0.25, -0.2) is 9.89 Å². The van der Waals surface area contributed by atoms with Crippen LogP contribution < -0.4 is 11.0 Å². The first-order chi connectivity index (χ1) is 9.95. The number of likely N-dealkylation sites (tertiary alicyclic amines) is 1. The van der Waals surface area contributed by atoms with Gasteiger partial charge in [0.25, 0.3) is 0 Å². The summed E-state index contributed by atoms with van der Waals surface area (Å²) in [5, 5.41) is 9.02. The summed E-state index contributed by atoms with van der Waals surface area (Å²) in [6.07, 6.45) is 2.68. The van der Waals surface area contributed by atoms with Crippen molar-refractivity contribution < 1.29 is 4.79 Å². The lowest BCUT2D eigenvalue weighted by atomic mass is 9.92. The average Bonchev–Trinajstić information content (AvgIpc) is 2.86. The lowest BCUT2D eigenvalue weighted by Crippen LogP contribution is -2.39. The van der Waals surface area contributed by atoms with Crippen LogP contribution in [-0.2, 0) is 4.79 Å². The van der Waals surface area contributed by atoms with Crippen LogP contribution in [0.3, 0.4) is 0 Å². The summed E-state index contributed by atoms with van der Waals surface area (Å²) < 4.78 is 0. The average molecular weight is 295 g/mol. The molecule has 21 heavy (non-hydrogen) atoms. The molecule has 0 bridgehead atoms. The molecular formula is C14H25N5O2. The van der Waals surface area contributed by atoms with Gasteiger partial charge in [-0.15, -0.1) is 0 Å². The molecule has 2 rings (SSSR count). The second-order valence-electron chi connectivity index (χ2n) is 6.13. The highest BCUT2D eigenvalue weighted by atomic mass is 16.2. The molecule has 1 atom stereocenters. The zero-order valence-electron chi connectivity index (χ0n) is 13.0. The van der Waals surface area contributed by atoms with Gasteiger partial charge in [0, 0.05) is 12.5 Å². The van der Waals surface area contributed by atoms with Gasteiger partial charge in [0.2, 0.25) is 5.91 Å². The molecule has 1 aromatic rings. The van der Waals surface area contributed by atoms with Crippen molar-refractivity contribution in [3.63, 3.8) is 0 Å². The van der Waals surface area contributed by atoms with E-state index in [4.69, 9.17) is 0 Å². The van der Waals surface area contributed by atoms with Crippen LogP contribution in [0, 0.1) is 5.92 Å². The van der Waals surface area contributed by atoms with Crippen LogP contribution in [0.5, 0.6) is 0 Å². The number of aromatic amines is 2. The van der Waals surface area contributed by atoms with Crippen LogP contribution in [0.2, 0.25) is 0 Å². The zero-order chi connectivity index (χ0) is 15.4. The molecule has 7 heteroatoms. The maximum absolute atomic E-state index is 12.1. The molecule has 7 nitrogen and oxygen atoms in total. The molecule has 1 saturated heterocycles. The van der Waals surface area contributed by atoms with E-state index >= 15 is 0 Å². The van der Waals surface area contributed by atoms with Gasteiger partial charge in [0.15, 0.2) is 5.82 Å². The maximum Gasteiger partial charge on any atom is 0.340 e. The van der Waals surface area contributed by atoms with E-state index in [9.17, 15) is 9.59 Å². The molecule has 1 amide bonds. The minimum atomic E-state index is -0.354. The van der Waals surface area contributed by atoms with E-state index in [-0.39, 0.29) is 17.6 Å². The Morgan fingerprint density at radius 2 is 2.05 bits per heavy atom. The van der Waals surface area contributed by atoms with E-state index in [1.54, 1.807) is 0 Å². The molecule has 0 aliphatic carbocycles. The fourth-order valence-electron chi connectivity index (χ4n) is 2.79. The first-order valence-electron chi connectivity index (χ1n) is 7.63. The van der Waals surface area contributed by atoms with Gasteiger partial charge in [0.1, 0.15) is 0 Å². The van der Waals surface area contributed by atoms with E-state index < -0.39 is 0 Å². The largest absolute Gasteiger partial charge is 0.346 e. The molecule has 1 aliphatic rings. The molecule has 0 saturated carbocycles. The number of rotatable bonds is 5. The lowest BCUT2D eigenvalue weighted by molar-refractivity contribution is -0.123. The van der Waals surface area contributed by atoms with E-state index in [2.05, 4.69) is 39.2 Å². The number of hydrogen-bond acceptors (Lipinski definition) is 4. The number of aromatic nitrogens is 3. The van der Waals surface area contributed by atoms with Crippen LogP contribution in [-0.4, -0.2) is 45.1 Å². The first kappa shape index (κ1) is 15.8. The molecule has 2 heterocycles. The number of carbonyl (C=O) groups is 1. The fraction of sp³-hybridized carbons (Fsp3) is 0.786. The van der Waals surface area contributed by atoms with Crippen LogP contribution in [0.4, 0.5) is 0 Å². The second kappa shape index (κ2) is 6.89. The Balaban J connectivity index is 1.76. The summed E-state index contributed by atoms with van der Waals surface area (Å²) >= 11 is 0. The van der Waals surface area contributed by atoms with Crippen molar-refractivity contribution in [1.82, 2.24) is 25.4 Å². The summed E-state index contributed by atoms with van der Waals surface area (Å²) in [7, 11) is 0. The molecule has 1 fully saturated rings. The summed E-state index contributed by atoms with van der Waals surface area (Å²) in [6, 6.07) is 0.295. The third-order valence-corrected chi connectivity index (χ3v) is 4.16. The molecule has 118 valence electrons. The number of carbonyl (C=O) groups excluding carboxylic acids is 1. The molecule has 0 spiro atoms. The first-order valence-corrected chi connectivity index (χ1v) is 7.63. The Kier molecular flexibility index (Phi) is 5.17. The molecule has 1 aliphatic heterocycles. The Morgan fingerprint density at radius 1 is 1.38 bits per heavy atom. The smallest absolute Gasteiger partial charge is 0.340 e. The van der Waals surface area contributed by atoms with Gasteiger partial charge in [-0.3, -0.25) is 9.78 Å². The summed E-state index contributed by atoms with van der Waals surface area (Å²) in [5.74, 6) is 0.933. The monoisotopic (exact) mass is 295 g/mol. The predicted molar refractivity (Wildman–Crippen MR) is 79.8 cm³/mol. The van der Waals surface area contributed by atoms with Crippen molar-refractivity contribution in [2.75, 3.05) is 13.1 Å². The van der Waals surface area contributed by atoms with Crippen molar-refractivity contribution in [2.24, 2.45) is 5.92 Å². The fourth-order valence-corrected chi connectivity index (χ4v) is 2.79. The van der Waals surface area contributed by atoms with E-state index in [0.29, 0.717) is 24.2 Å². The van der Waals surface area contributed by atoms with Crippen LogP contribution in [0.25, 0.3) is 0 Å². The minimum absolute atomic E-state index is 0.0225. The van der Waals surface area contributed by atoms with E-state index in [1.807, 2.05) is 6.92 Å². The van der Waals surface area contributed by atoms with Crippen molar-refractivity contribution in [3.8, 4) is 0 Å². The van der Waals surface area contributed by atoms with E-state index in [0.717, 1.165) is 25.9 Å². The quantitative estimate of drug-likeness (QED) is 0.748. The molecular weight excluding hydrogens is 270 g/mol. The SMILES string of the molecule is CC(C)N1CCC(CC(=O)N[C@@H](C)c2n[nH]c(=O)[nH]2)CC1. The van der Waals surface area contributed by atoms with Gasteiger partial charge in [-0.2, -0.15) is 5.10 Å². The standard InChI is InChI=1S/C14H25N5O2/c1-9(2)19-6-4-11(5-7-19)8-12(20)15-10(3)13-16-14(21)18-17-13/h9-11H,4-8H2,1-3H3,(H,15,20)(H2,16,17,18,21)/t10-/m0/s1. The summed E-state index contributed by atoms with van der Waals surface area (Å²) in [5.41, 5.74) is -0.354. The number of hydrogen-bond donors (Lipinski definition) is 3. The molecule has 3 N–H and O–H groups in total. The third kappa shape index (κ3) is 4.42. The highest BCUT2D eigenvalue weighted by molar-refractivity contribution is 5.76. The van der Waals surface area contributed by atoms with Crippen LogP contribution in [0.1, 0.15) is 51.9 Å². The van der Waals surface area contributed by atoms with Crippen molar-refractivity contribution >= 4 is 5.91 Å². The lowest BCUT2D eigenvalue weighted by Gasteiger charge is -2.34. The Morgan fingerprint density at radius 3 is 2.57 bits per heavy atom. The van der Waals surface area contributed by atoms with Crippen molar-refractivity contribution in [1.29, 1.82) is 0 Å². The van der Waals surface area contributed by atoms with Gasteiger partial charge < -0.3 is 10.2 Å². The van der Waals surface area contributed by atoms with Gasteiger partial charge in [-0.1, -0.05) is 0 Å². The van der Waals surface area contributed by atoms with Crippen molar-refractivity contribution in [2.45, 2.75) is 52.1 Å². The highest BCUT2D eigenvalue weighted by Gasteiger charge is 2.23. The second-order valence-corrected chi connectivity index (χ2v) is 6.13. The summed E-state index contributed by atoms with van der Waals surface area (Å²) in [6.45, 7) is 8.36. The normalized spacial score (nSPS) is 18.9. The maximum atomic E-state index is 12.1. The Labute approximate surface area is 124 Å². The molecule has 1 aromatic heterocycles. The van der Waals surface area contributed by atoms with Crippen LogP contribution in [0.15, 0.2) is 4.79 Å². The number of nitrogens with one attached hydrogen (secondary N) is 3. The van der Waals surface area contributed by atoms with E-state index in [1.165, 1.54) is 0 Å². The number of piperidine rings is 1. The third-order valence-electron chi connectivity index (χ3n) is 4.16. The van der Waals surface area contributed by atoms with Gasteiger partial charge >= 0.3 is 5.69 Å². The topological polar surface area (TPSA) is 93.9 Å².